The van der Waals surface area contributed by atoms with Crippen LogP contribution in [0, 0.1) is 0 Å². The minimum Gasteiger partial charge on any atom is -0.490 e. The van der Waals surface area contributed by atoms with Gasteiger partial charge in [0.2, 0.25) is 0 Å². The van der Waals surface area contributed by atoms with Gasteiger partial charge in [0.25, 0.3) is 0 Å². The van der Waals surface area contributed by atoms with Crippen molar-refractivity contribution in [1.29, 1.82) is 0 Å². The number of carboxylic acid groups (broad SMARTS) is 1. The number of aromatic carboxylic acids is 1. The minimum atomic E-state index is -1.48. The van der Waals surface area contributed by atoms with Gasteiger partial charge in [-0.05, 0) is 38.1 Å². The molecule has 6 nitrogen and oxygen atoms in total. The van der Waals surface area contributed by atoms with E-state index in [4.69, 9.17) is 16.3 Å². The molecule has 0 bridgehead atoms. The Balaban J connectivity index is 1.96. The van der Waals surface area contributed by atoms with Gasteiger partial charge in [0, 0.05) is 16.8 Å². The molecule has 3 rings (SSSR count). The van der Waals surface area contributed by atoms with Gasteiger partial charge in [-0.1, -0.05) is 11.6 Å². The van der Waals surface area contributed by atoms with E-state index in [0.29, 0.717) is 27.4 Å². The maximum atomic E-state index is 13.8. The summed E-state index contributed by atoms with van der Waals surface area (Å²) in [4.78, 5) is 15.5. The van der Waals surface area contributed by atoms with Crippen molar-refractivity contribution in [2.24, 2.45) is 0 Å². The summed E-state index contributed by atoms with van der Waals surface area (Å²) in [5.41, 5.74) is -0.230. The highest BCUT2D eigenvalue weighted by molar-refractivity contribution is 6.30. The van der Waals surface area contributed by atoms with Crippen molar-refractivity contribution in [2.45, 2.75) is 26.1 Å². The Bertz CT molecular complexity index is 966. The molecule has 0 aliphatic heterocycles. The Hall–Kier alpha value is -2.67. The van der Waals surface area contributed by atoms with Gasteiger partial charge in [-0.25, -0.2) is 18.9 Å². The Morgan fingerprint density at radius 2 is 2.15 bits per heavy atom. The zero-order valence-corrected chi connectivity index (χ0v) is 15.0. The van der Waals surface area contributed by atoms with Crippen molar-refractivity contribution in [3.05, 3.63) is 52.8 Å². The largest absolute Gasteiger partial charge is 0.490 e. The first-order chi connectivity index (χ1) is 12.2. The van der Waals surface area contributed by atoms with Crippen LogP contribution in [-0.4, -0.2) is 38.1 Å². The lowest BCUT2D eigenvalue weighted by Gasteiger charge is -2.17. The molecule has 8 heteroatoms. The number of carboxylic acids is 1. The van der Waals surface area contributed by atoms with Crippen LogP contribution in [0.25, 0.3) is 11.0 Å². The first-order valence-electron chi connectivity index (χ1n) is 7.88. The summed E-state index contributed by atoms with van der Waals surface area (Å²) in [6, 6.07) is 6.46. The Kier molecular flexibility index (Phi) is 4.82. The number of hydrogen-bond acceptors (Lipinski definition) is 4. The molecule has 0 aliphatic carbocycles. The maximum Gasteiger partial charge on any atom is 0.336 e. The van der Waals surface area contributed by atoms with Crippen LogP contribution in [0.2, 0.25) is 5.02 Å². The van der Waals surface area contributed by atoms with E-state index in [2.05, 4.69) is 10.1 Å². The van der Waals surface area contributed by atoms with Crippen molar-refractivity contribution in [3.63, 3.8) is 0 Å². The molecular weight excluding hydrogens is 361 g/mol. The van der Waals surface area contributed by atoms with Crippen LogP contribution in [0.4, 0.5) is 4.39 Å². The number of aromatic nitrogens is 3. The molecule has 1 aromatic carbocycles. The monoisotopic (exact) mass is 377 g/mol. The standard InChI is InChI=1S/C18H17ClFN3O3/c1-18(2,20)10-26-15-4-3-12(19)7-11(15)9-23-16-14(8-22-23)13(17(24)25)5-6-21-16/h3-8H,9-10H2,1-2H3,(H,24,25). The quantitative estimate of drug-likeness (QED) is 0.703. The van der Waals surface area contributed by atoms with E-state index < -0.39 is 11.6 Å². The van der Waals surface area contributed by atoms with E-state index in [1.165, 1.54) is 32.3 Å². The number of hydrogen-bond donors (Lipinski definition) is 1. The summed E-state index contributed by atoms with van der Waals surface area (Å²) in [7, 11) is 0. The van der Waals surface area contributed by atoms with Gasteiger partial charge in [-0.3, -0.25) is 0 Å². The normalized spacial score (nSPS) is 11.7. The second-order valence-electron chi connectivity index (χ2n) is 6.46. The molecule has 0 radical (unpaired) electrons. The molecule has 0 saturated carbocycles. The van der Waals surface area contributed by atoms with Crippen LogP contribution in [0.3, 0.4) is 0 Å². The Labute approximate surface area is 154 Å². The fourth-order valence-corrected chi connectivity index (χ4v) is 2.70. The van der Waals surface area contributed by atoms with Gasteiger partial charge >= 0.3 is 5.97 Å². The maximum absolute atomic E-state index is 13.8. The van der Waals surface area contributed by atoms with Crippen LogP contribution in [-0.2, 0) is 6.54 Å². The first kappa shape index (κ1) is 18.1. The molecule has 2 aromatic heterocycles. The van der Waals surface area contributed by atoms with Crippen LogP contribution >= 0.6 is 11.6 Å². The predicted octanol–water partition coefficient (Wildman–Crippen LogP) is 3.96. The summed E-state index contributed by atoms with van der Waals surface area (Å²) in [5.74, 6) is -0.563. The summed E-state index contributed by atoms with van der Waals surface area (Å²) < 4.78 is 20.9. The number of benzene rings is 1. The molecule has 0 saturated heterocycles. The molecule has 0 unspecified atom stereocenters. The summed E-state index contributed by atoms with van der Waals surface area (Å²) in [6.45, 7) is 3.01. The van der Waals surface area contributed by atoms with Crippen molar-refractivity contribution in [2.75, 3.05) is 6.61 Å². The van der Waals surface area contributed by atoms with Gasteiger partial charge in [0.15, 0.2) is 5.65 Å². The number of ether oxygens (including phenoxy) is 1. The van der Waals surface area contributed by atoms with Gasteiger partial charge in [-0.15, -0.1) is 0 Å². The number of carbonyl (C=O) groups is 1. The number of halogens is 2. The second-order valence-corrected chi connectivity index (χ2v) is 6.90. The number of nitrogens with zero attached hydrogens (tertiary/aromatic N) is 3. The molecule has 3 aromatic rings. The van der Waals surface area contributed by atoms with E-state index in [9.17, 15) is 14.3 Å². The first-order valence-corrected chi connectivity index (χ1v) is 8.26. The van der Waals surface area contributed by atoms with Crippen molar-refractivity contribution < 1.29 is 19.0 Å². The number of pyridine rings is 1. The smallest absolute Gasteiger partial charge is 0.336 e. The molecule has 2 heterocycles. The van der Waals surface area contributed by atoms with E-state index in [-0.39, 0.29) is 18.7 Å². The molecule has 1 N–H and O–H groups in total. The average Bonchev–Trinajstić information content (AvgIpc) is 2.96. The average molecular weight is 378 g/mol. The van der Waals surface area contributed by atoms with Crippen molar-refractivity contribution in [1.82, 2.24) is 14.8 Å². The lowest BCUT2D eigenvalue weighted by Crippen LogP contribution is -2.23. The van der Waals surface area contributed by atoms with E-state index >= 15 is 0 Å². The number of alkyl halides is 1. The van der Waals surface area contributed by atoms with Gasteiger partial charge in [0.05, 0.1) is 23.7 Å². The zero-order valence-electron chi connectivity index (χ0n) is 14.2. The molecule has 0 amide bonds. The third-order valence-electron chi connectivity index (χ3n) is 3.68. The summed E-state index contributed by atoms with van der Waals surface area (Å²) in [5, 5.41) is 14.4. The van der Waals surface area contributed by atoms with Crippen molar-refractivity contribution in [3.8, 4) is 5.75 Å². The van der Waals surface area contributed by atoms with Gasteiger partial charge in [-0.2, -0.15) is 5.10 Å². The third kappa shape index (κ3) is 3.94. The van der Waals surface area contributed by atoms with Crippen molar-refractivity contribution >= 4 is 28.6 Å². The van der Waals surface area contributed by atoms with Crippen LogP contribution in [0.15, 0.2) is 36.7 Å². The molecule has 26 heavy (non-hydrogen) atoms. The van der Waals surface area contributed by atoms with Crippen LogP contribution in [0.5, 0.6) is 5.75 Å². The van der Waals surface area contributed by atoms with E-state index in [1.54, 1.807) is 22.9 Å². The minimum absolute atomic E-state index is 0.108. The molecule has 136 valence electrons. The second kappa shape index (κ2) is 6.92. The molecule has 0 spiro atoms. The molecule has 0 atom stereocenters. The lowest BCUT2D eigenvalue weighted by molar-refractivity contribution is 0.0699. The van der Waals surface area contributed by atoms with Crippen LogP contribution in [0.1, 0.15) is 29.8 Å². The van der Waals surface area contributed by atoms with Gasteiger partial charge in [0.1, 0.15) is 18.0 Å². The highest BCUT2D eigenvalue weighted by Crippen LogP contribution is 2.26. The van der Waals surface area contributed by atoms with Crippen LogP contribution < -0.4 is 4.74 Å². The molecule has 0 aliphatic rings. The predicted molar refractivity (Wildman–Crippen MR) is 95.7 cm³/mol. The van der Waals surface area contributed by atoms with E-state index in [0.717, 1.165) is 0 Å². The zero-order chi connectivity index (χ0) is 18.9. The molecule has 0 fully saturated rings. The number of rotatable bonds is 6. The highest BCUT2D eigenvalue weighted by atomic mass is 35.5. The molecular formula is C18H17ClFN3O3. The topological polar surface area (TPSA) is 77.2 Å². The highest BCUT2D eigenvalue weighted by Gasteiger charge is 2.19. The Morgan fingerprint density at radius 3 is 2.85 bits per heavy atom. The summed E-state index contributed by atoms with van der Waals surface area (Å²) in [6.07, 6.45) is 2.88. The summed E-state index contributed by atoms with van der Waals surface area (Å²) >= 11 is 6.08. The lowest BCUT2D eigenvalue weighted by atomic mass is 10.1. The fraction of sp³-hybridized carbons (Fsp3) is 0.278. The SMILES string of the molecule is CC(C)(F)COc1ccc(Cl)cc1Cn1ncc2c(C(=O)O)ccnc21. The van der Waals surface area contributed by atoms with E-state index in [1.807, 2.05) is 0 Å². The van der Waals surface area contributed by atoms with Gasteiger partial charge < -0.3 is 9.84 Å². The number of fused-ring (bicyclic) bond motifs is 1. The fourth-order valence-electron chi connectivity index (χ4n) is 2.50. The Morgan fingerprint density at radius 1 is 1.38 bits per heavy atom. The third-order valence-corrected chi connectivity index (χ3v) is 3.92.